The van der Waals surface area contributed by atoms with Crippen LogP contribution in [0.1, 0.15) is 21.5 Å². The molecule has 1 aromatic rings. The molecule has 0 aliphatic rings. The van der Waals surface area contributed by atoms with Crippen molar-refractivity contribution < 1.29 is 22.8 Å². The molecule has 0 unspecified atom stereocenters. The van der Waals surface area contributed by atoms with Gasteiger partial charge in [-0.3, -0.25) is 9.59 Å². The summed E-state index contributed by atoms with van der Waals surface area (Å²) in [4.78, 5) is 21.1. The molecule has 0 bridgehead atoms. The summed E-state index contributed by atoms with van der Waals surface area (Å²) in [5, 5.41) is 0. The first-order valence-corrected chi connectivity index (χ1v) is 4.48. The van der Waals surface area contributed by atoms with E-state index in [2.05, 4.69) is 0 Å². The molecule has 0 saturated heterocycles. The first-order valence-electron chi connectivity index (χ1n) is 4.48. The molecular weight excluding hydrogens is 235 g/mol. The summed E-state index contributed by atoms with van der Waals surface area (Å²) in [7, 11) is 0. The normalized spacial score (nSPS) is 11.7. The van der Waals surface area contributed by atoms with E-state index in [1.165, 1.54) is 6.08 Å². The van der Waals surface area contributed by atoms with Crippen LogP contribution in [0.25, 0.3) is 6.08 Å². The molecule has 1 rings (SSSR count). The van der Waals surface area contributed by atoms with E-state index in [4.69, 9.17) is 5.73 Å². The van der Waals surface area contributed by atoms with Crippen LogP contribution < -0.4 is 5.73 Å². The smallest absolute Gasteiger partial charge is 0.366 e. The molecule has 6 heteroatoms. The fraction of sp³-hybridized carbons (Fsp3) is 0.0909. The molecule has 0 aromatic heterocycles. The second-order valence-corrected chi connectivity index (χ2v) is 3.20. The Morgan fingerprint density at radius 2 is 1.88 bits per heavy atom. The van der Waals surface area contributed by atoms with Crippen molar-refractivity contribution in [1.82, 2.24) is 0 Å². The van der Waals surface area contributed by atoms with E-state index in [0.29, 0.717) is 6.07 Å². The van der Waals surface area contributed by atoms with Gasteiger partial charge in [0.1, 0.15) is 0 Å². The number of nitrogens with two attached hydrogens (primary N) is 1. The minimum Gasteiger partial charge on any atom is -0.366 e. The van der Waals surface area contributed by atoms with E-state index in [9.17, 15) is 22.8 Å². The van der Waals surface area contributed by atoms with Crippen molar-refractivity contribution in [3.8, 4) is 0 Å². The van der Waals surface area contributed by atoms with Crippen molar-refractivity contribution in [3.63, 3.8) is 0 Å². The molecule has 0 aliphatic carbocycles. The summed E-state index contributed by atoms with van der Waals surface area (Å²) in [5.41, 5.74) is 3.96. The zero-order valence-corrected chi connectivity index (χ0v) is 8.49. The van der Waals surface area contributed by atoms with Gasteiger partial charge in [-0.2, -0.15) is 13.2 Å². The van der Waals surface area contributed by atoms with Gasteiger partial charge in [0.05, 0.1) is 5.56 Å². The Hall–Kier alpha value is -2.11. The molecule has 0 spiro atoms. The molecule has 17 heavy (non-hydrogen) atoms. The average molecular weight is 243 g/mol. The van der Waals surface area contributed by atoms with Gasteiger partial charge in [0, 0.05) is 11.6 Å². The standard InChI is InChI=1S/C11H8F3NO2/c12-11(13,14)9-3-1-7(2-4-10(15)17)8(5-9)6-16/h1-6H,(H2,15,17). The lowest BCUT2D eigenvalue weighted by molar-refractivity contribution is -0.137. The predicted molar refractivity (Wildman–Crippen MR) is 55.1 cm³/mol. The third-order valence-electron chi connectivity index (χ3n) is 1.97. The van der Waals surface area contributed by atoms with Gasteiger partial charge >= 0.3 is 6.18 Å². The second-order valence-electron chi connectivity index (χ2n) is 3.20. The largest absolute Gasteiger partial charge is 0.416 e. The van der Waals surface area contributed by atoms with E-state index >= 15 is 0 Å². The molecule has 1 amide bonds. The van der Waals surface area contributed by atoms with Crippen LogP contribution in [0.5, 0.6) is 0 Å². The molecule has 0 heterocycles. The van der Waals surface area contributed by atoms with Crippen LogP contribution in [0.2, 0.25) is 0 Å². The lowest BCUT2D eigenvalue weighted by Crippen LogP contribution is -2.07. The van der Waals surface area contributed by atoms with Crippen molar-refractivity contribution in [2.45, 2.75) is 6.18 Å². The van der Waals surface area contributed by atoms with Gasteiger partial charge in [0.2, 0.25) is 5.91 Å². The number of alkyl halides is 3. The monoisotopic (exact) mass is 243 g/mol. The van der Waals surface area contributed by atoms with Gasteiger partial charge in [-0.25, -0.2) is 0 Å². The number of aldehydes is 1. The van der Waals surface area contributed by atoms with Gasteiger partial charge < -0.3 is 5.73 Å². The Balaban J connectivity index is 3.19. The van der Waals surface area contributed by atoms with E-state index < -0.39 is 17.6 Å². The van der Waals surface area contributed by atoms with Gasteiger partial charge in [0.15, 0.2) is 6.29 Å². The van der Waals surface area contributed by atoms with Crippen molar-refractivity contribution in [2.24, 2.45) is 5.73 Å². The molecule has 1 aromatic carbocycles. The molecule has 3 nitrogen and oxygen atoms in total. The maximum atomic E-state index is 12.3. The van der Waals surface area contributed by atoms with Crippen LogP contribution in [0.4, 0.5) is 13.2 Å². The Morgan fingerprint density at radius 1 is 1.24 bits per heavy atom. The maximum absolute atomic E-state index is 12.3. The third-order valence-corrected chi connectivity index (χ3v) is 1.97. The van der Waals surface area contributed by atoms with E-state index in [1.807, 2.05) is 0 Å². The minimum atomic E-state index is -4.51. The summed E-state index contributed by atoms with van der Waals surface area (Å²) in [6, 6.07) is 2.65. The van der Waals surface area contributed by atoms with Crippen LogP contribution in [0, 0.1) is 0 Å². The highest BCUT2D eigenvalue weighted by Crippen LogP contribution is 2.30. The average Bonchev–Trinajstić information content (AvgIpc) is 2.24. The molecule has 0 aliphatic heterocycles. The fourth-order valence-electron chi connectivity index (χ4n) is 1.18. The van der Waals surface area contributed by atoms with E-state index in [0.717, 1.165) is 18.2 Å². The van der Waals surface area contributed by atoms with Crippen molar-refractivity contribution in [2.75, 3.05) is 0 Å². The van der Waals surface area contributed by atoms with Crippen LogP contribution in [0.15, 0.2) is 24.3 Å². The summed E-state index contributed by atoms with van der Waals surface area (Å²) in [6.07, 6.45) is -2.07. The highest BCUT2D eigenvalue weighted by atomic mass is 19.4. The molecule has 0 atom stereocenters. The Morgan fingerprint density at radius 3 is 2.35 bits per heavy atom. The number of hydrogen-bond donors (Lipinski definition) is 1. The predicted octanol–water partition coefficient (Wildman–Crippen LogP) is 2.02. The first kappa shape index (κ1) is 13.0. The SMILES string of the molecule is NC(=O)C=Cc1ccc(C(F)(F)F)cc1C=O. The van der Waals surface area contributed by atoms with Crippen LogP contribution in [-0.2, 0) is 11.0 Å². The van der Waals surface area contributed by atoms with Crippen molar-refractivity contribution in [3.05, 3.63) is 41.0 Å². The van der Waals surface area contributed by atoms with Gasteiger partial charge in [-0.1, -0.05) is 6.07 Å². The Kier molecular flexibility index (Phi) is 3.67. The third kappa shape index (κ3) is 3.44. The molecule has 90 valence electrons. The van der Waals surface area contributed by atoms with E-state index in [-0.39, 0.29) is 17.4 Å². The highest BCUT2D eigenvalue weighted by Gasteiger charge is 2.30. The number of hydrogen-bond acceptors (Lipinski definition) is 2. The highest BCUT2D eigenvalue weighted by molar-refractivity contribution is 5.92. The number of rotatable bonds is 3. The maximum Gasteiger partial charge on any atom is 0.416 e. The number of carbonyl (C=O) groups excluding carboxylic acids is 2. The van der Waals surface area contributed by atoms with Crippen molar-refractivity contribution in [1.29, 1.82) is 0 Å². The number of halogens is 3. The summed E-state index contributed by atoms with van der Waals surface area (Å²) < 4.78 is 37.0. The first-order chi connectivity index (χ1) is 7.84. The minimum absolute atomic E-state index is 0.155. The lowest BCUT2D eigenvalue weighted by Gasteiger charge is -2.08. The summed E-state index contributed by atoms with van der Waals surface area (Å²) >= 11 is 0. The number of benzene rings is 1. The molecular formula is C11H8F3NO2. The van der Waals surface area contributed by atoms with Crippen LogP contribution in [-0.4, -0.2) is 12.2 Å². The topological polar surface area (TPSA) is 60.2 Å². The molecule has 2 N–H and O–H groups in total. The number of amides is 1. The van der Waals surface area contributed by atoms with Gasteiger partial charge in [-0.05, 0) is 23.8 Å². The molecule has 0 fully saturated rings. The van der Waals surface area contributed by atoms with E-state index in [1.54, 1.807) is 0 Å². The zero-order chi connectivity index (χ0) is 13.1. The Labute approximate surface area is 94.7 Å². The Bertz CT molecular complexity index is 478. The number of carbonyl (C=O) groups is 2. The number of primary amides is 1. The van der Waals surface area contributed by atoms with Gasteiger partial charge in [-0.15, -0.1) is 0 Å². The van der Waals surface area contributed by atoms with Gasteiger partial charge in [0.25, 0.3) is 0 Å². The van der Waals surface area contributed by atoms with Crippen LogP contribution >= 0.6 is 0 Å². The quantitative estimate of drug-likeness (QED) is 0.652. The second kappa shape index (κ2) is 4.82. The molecule has 0 saturated carbocycles. The molecule has 0 radical (unpaired) electrons. The fourth-order valence-corrected chi connectivity index (χ4v) is 1.18. The summed E-state index contributed by atoms with van der Waals surface area (Å²) in [6.45, 7) is 0. The van der Waals surface area contributed by atoms with Crippen molar-refractivity contribution >= 4 is 18.3 Å². The summed E-state index contributed by atoms with van der Waals surface area (Å²) in [5.74, 6) is -0.748. The zero-order valence-electron chi connectivity index (χ0n) is 8.49. The van der Waals surface area contributed by atoms with Crippen LogP contribution in [0.3, 0.4) is 0 Å². The lowest BCUT2D eigenvalue weighted by atomic mass is 10.0.